The first-order chi connectivity index (χ1) is 9.10. The maximum Gasteiger partial charge on any atom is 0.332 e. The van der Waals surface area contributed by atoms with E-state index in [9.17, 15) is 10.1 Å². The van der Waals surface area contributed by atoms with Crippen LogP contribution in [-0.4, -0.2) is 10.6 Å². The van der Waals surface area contributed by atoms with Crippen LogP contribution in [0.3, 0.4) is 0 Å². The van der Waals surface area contributed by atoms with E-state index in [-0.39, 0.29) is 0 Å². The predicted molar refractivity (Wildman–Crippen MR) is 71.9 cm³/mol. The number of nitriles is 1. The molecule has 0 aromatic heterocycles. The van der Waals surface area contributed by atoms with Crippen LogP contribution in [0.25, 0.3) is 0 Å². The van der Waals surface area contributed by atoms with Gasteiger partial charge in [0.25, 0.3) is 0 Å². The van der Waals surface area contributed by atoms with Gasteiger partial charge in [0, 0.05) is 11.8 Å². The van der Waals surface area contributed by atoms with Crippen molar-refractivity contribution in [1.82, 2.24) is 0 Å². The van der Waals surface area contributed by atoms with Gasteiger partial charge >= 0.3 is 5.66 Å². The summed E-state index contributed by atoms with van der Waals surface area (Å²) < 4.78 is 0. The minimum Gasteiger partial charge on any atom is -0.316 e. The van der Waals surface area contributed by atoms with Gasteiger partial charge in [-0.2, -0.15) is 5.26 Å². The number of nitro groups is 1. The van der Waals surface area contributed by atoms with Crippen LogP contribution >= 0.6 is 0 Å². The molecule has 2 atom stereocenters. The lowest BCUT2D eigenvalue weighted by Gasteiger charge is -2.28. The molecule has 0 saturated heterocycles. The maximum absolute atomic E-state index is 11.5. The highest BCUT2D eigenvalue weighted by Gasteiger charge is 2.49. The van der Waals surface area contributed by atoms with Crippen molar-refractivity contribution < 1.29 is 4.92 Å². The highest BCUT2D eigenvalue weighted by atomic mass is 16.6. The number of hydrogen-bond donors (Lipinski definition) is 1. The smallest absolute Gasteiger partial charge is 0.316 e. The Morgan fingerprint density at radius 1 is 1.42 bits per heavy atom. The van der Waals surface area contributed by atoms with Crippen LogP contribution in [0.4, 0.5) is 5.69 Å². The molecule has 0 spiro atoms. The van der Waals surface area contributed by atoms with Gasteiger partial charge in [0.15, 0.2) is 5.92 Å². The molecule has 0 aliphatic heterocycles. The number of nitrogens with one attached hydrogen (secondary N) is 1. The van der Waals surface area contributed by atoms with E-state index in [1.54, 1.807) is 24.3 Å². The first kappa shape index (κ1) is 12.8. The fourth-order valence-corrected chi connectivity index (χ4v) is 2.04. The van der Waals surface area contributed by atoms with Crippen LogP contribution in [0, 0.1) is 34.3 Å². The maximum atomic E-state index is 11.5. The van der Waals surface area contributed by atoms with E-state index in [4.69, 9.17) is 5.26 Å². The molecular formula is C14H13N3O2. The molecule has 0 amide bonds. The molecule has 2 unspecified atom stereocenters. The molecule has 1 aliphatic carbocycles. The lowest BCUT2D eigenvalue weighted by Crippen LogP contribution is -2.50. The van der Waals surface area contributed by atoms with Crippen molar-refractivity contribution in [1.29, 1.82) is 5.26 Å². The second-order valence-corrected chi connectivity index (χ2v) is 4.37. The summed E-state index contributed by atoms with van der Waals surface area (Å²) in [7, 11) is 0. The molecule has 0 bridgehead atoms. The summed E-state index contributed by atoms with van der Waals surface area (Å²) >= 11 is 0. The zero-order chi connectivity index (χ0) is 13.9. The summed E-state index contributed by atoms with van der Waals surface area (Å²) in [6, 6.07) is 9.26. The van der Waals surface area contributed by atoms with Gasteiger partial charge in [-0.1, -0.05) is 36.4 Å². The first-order valence-corrected chi connectivity index (χ1v) is 5.84. The Morgan fingerprint density at radius 3 is 2.79 bits per heavy atom. The molecular weight excluding hydrogens is 242 g/mol. The van der Waals surface area contributed by atoms with E-state index in [1.807, 2.05) is 25.1 Å². The van der Waals surface area contributed by atoms with E-state index in [1.165, 1.54) is 12.2 Å². The Morgan fingerprint density at radius 2 is 2.16 bits per heavy atom. The number of allylic oxidation sites excluding steroid dienone is 2. The summed E-state index contributed by atoms with van der Waals surface area (Å²) in [6.45, 7) is 1.86. The number of hydrogen-bond acceptors (Lipinski definition) is 4. The lowest BCUT2D eigenvalue weighted by atomic mass is 9.89. The number of rotatable bonds is 3. The summed E-state index contributed by atoms with van der Waals surface area (Å²) in [6.07, 6.45) is 6.19. The highest BCUT2D eigenvalue weighted by Crippen LogP contribution is 2.30. The normalized spacial score (nSPS) is 24.7. The van der Waals surface area contributed by atoms with Crippen LogP contribution in [-0.2, 0) is 0 Å². The molecule has 1 N–H and O–H groups in total. The van der Waals surface area contributed by atoms with Gasteiger partial charge in [-0.3, -0.25) is 10.1 Å². The zero-order valence-electron chi connectivity index (χ0n) is 10.4. The average Bonchev–Trinajstić information content (AvgIpc) is 2.41. The summed E-state index contributed by atoms with van der Waals surface area (Å²) in [4.78, 5) is 11.0. The molecule has 0 fully saturated rings. The van der Waals surface area contributed by atoms with E-state index >= 15 is 0 Å². The number of anilines is 1. The summed E-state index contributed by atoms with van der Waals surface area (Å²) in [5.74, 6) is -0.855. The van der Waals surface area contributed by atoms with Gasteiger partial charge in [-0.05, 0) is 18.6 Å². The van der Waals surface area contributed by atoms with Crippen LogP contribution < -0.4 is 5.32 Å². The Labute approximate surface area is 111 Å². The van der Waals surface area contributed by atoms with Gasteiger partial charge in [-0.15, -0.1) is 0 Å². The summed E-state index contributed by atoms with van der Waals surface area (Å²) in [5, 5.41) is 23.5. The van der Waals surface area contributed by atoms with Gasteiger partial charge in [0.05, 0.1) is 11.0 Å². The largest absolute Gasteiger partial charge is 0.332 e. The van der Waals surface area contributed by atoms with E-state index < -0.39 is 16.5 Å². The predicted octanol–water partition coefficient (Wildman–Crippen LogP) is 2.65. The number of benzene rings is 1. The quantitative estimate of drug-likeness (QED) is 0.511. The third-order valence-corrected chi connectivity index (χ3v) is 3.16. The number of para-hydroxylation sites is 1. The van der Waals surface area contributed by atoms with E-state index in [0.29, 0.717) is 5.69 Å². The van der Waals surface area contributed by atoms with Crippen LogP contribution in [0.5, 0.6) is 0 Å². The van der Waals surface area contributed by atoms with Crippen molar-refractivity contribution in [3.8, 4) is 6.07 Å². The molecule has 19 heavy (non-hydrogen) atoms. The lowest BCUT2D eigenvalue weighted by molar-refractivity contribution is -0.552. The Hall–Kier alpha value is -2.61. The third kappa shape index (κ3) is 2.20. The van der Waals surface area contributed by atoms with E-state index in [0.717, 1.165) is 5.56 Å². The third-order valence-electron chi connectivity index (χ3n) is 3.16. The molecule has 5 nitrogen and oxygen atoms in total. The molecule has 0 saturated carbocycles. The first-order valence-electron chi connectivity index (χ1n) is 5.84. The van der Waals surface area contributed by atoms with Crippen molar-refractivity contribution in [3.05, 3.63) is 64.2 Å². The molecule has 0 heterocycles. The second kappa shape index (κ2) is 4.94. The SMILES string of the molecule is Cc1ccccc1NC1([N+](=O)[O-])C=CC=CC1C#N. The molecule has 5 heteroatoms. The molecule has 0 radical (unpaired) electrons. The Kier molecular flexibility index (Phi) is 3.34. The van der Waals surface area contributed by atoms with Gasteiger partial charge in [0.1, 0.15) is 0 Å². The van der Waals surface area contributed by atoms with Gasteiger partial charge in [0.2, 0.25) is 0 Å². The van der Waals surface area contributed by atoms with Crippen LogP contribution in [0.15, 0.2) is 48.6 Å². The van der Waals surface area contributed by atoms with Crippen molar-refractivity contribution in [2.45, 2.75) is 12.6 Å². The van der Waals surface area contributed by atoms with Crippen LogP contribution in [0.1, 0.15) is 5.56 Å². The summed E-state index contributed by atoms with van der Waals surface area (Å²) in [5.41, 5.74) is -0.0712. The fraction of sp³-hybridized carbons (Fsp3) is 0.214. The number of nitrogens with zero attached hydrogens (tertiary/aromatic N) is 2. The topological polar surface area (TPSA) is 79.0 Å². The van der Waals surface area contributed by atoms with Crippen molar-refractivity contribution in [2.24, 2.45) is 5.92 Å². The highest BCUT2D eigenvalue weighted by molar-refractivity contribution is 5.54. The van der Waals surface area contributed by atoms with Crippen LogP contribution in [0.2, 0.25) is 0 Å². The second-order valence-electron chi connectivity index (χ2n) is 4.37. The van der Waals surface area contributed by atoms with E-state index in [2.05, 4.69) is 5.32 Å². The molecule has 1 aromatic carbocycles. The minimum atomic E-state index is -1.62. The van der Waals surface area contributed by atoms with Crippen molar-refractivity contribution >= 4 is 5.69 Å². The Balaban J connectivity index is 2.45. The number of aryl methyl sites for hydroxylation is 1. The Bertz CT molecular complexity index is 601. The van der Waals surface area contributed by atoms with Crippen molar-refractivity contribution in [2.75, 3.05) is 5.32 Å². The monoisotopic (exact) mass is 255 g/mol. The molecule has 1 aromatic rings. The zero-order valence-corrected chi connectivity index (χ0v) is 10.4. The average molecular weight is 255 g/mol. The standard InChI is InChI=1S/C14H13N3O2/c1-11-6-2-3-8-13(11)16-14(17(18)19)9-5-4-7-12(14)10-15/h2-9,12,16H,1H3. The fourth-order valence-electron chi connectivity index (χ4n) is 2.04. The van der Waals surface area contributed by atoms with Gasteiger partial charge < -0.3 is 5.32 Å². The molecule has 96 valence electrons. The van der Waals surface area contributed by atoms with Gasteiger partial charge in [-0.25, -0.2) is 0 Å². The minimum absolute atomic E-state index is 0.451. The molecule has 2 rings (SSSR count). The van der Waals surface area contributed by atoms with Crippen molar-refractivity contribution in [3.63, 3.8) is 0 Å². The molecule has 1 aliphatic rings.